The fourth-order valence-corrected chi connectivity index (χ4v) is 1.96. The van der Waals surface area contributed by atoms with Gasteiger partial charge in [-0.25, -0.2) is 4.98 Å². The van der Waals surface area contributed by atoms with E-state index in [0.29, 0.717) is 12.1 Å². The minimum absolute atomic E-state index is 0.0366. The molecule has 0 bridgehead atoms. The monoisotopic (exact) mass is 288 g/mol. The molecule has 1 heterocycles. The number of hydrogen-bond donors (Lipinski definition) is 1. The summed E-state index contributed by atoms with van der Waals surface area (Å²) in [6.07, 6.45) is -2.90. The summed E-state index contributed by atoms with van der Waals surface area (Å²) in [7, 11) is 0. The standard InChI is InChI=1S/C15H23F3N2/c1-5-9-19-13(14(2,3)4)10-11-7-6-8-12(20-11)15(16,17)18/h6-8,13,19H,5,9-10H2,1-4H3. The minimum atomic E-state index is -4.38. The molecule has 0 spiro atoms. The highest BCUT2D eigenvalue weighted by Gasteiger charge is 2.33. The van der Waals surface area contributed by atoms with Crippen LogP contribution in [0.25, 0.3) is 0 Å². The molecule has 20 heavy (non-hydrogen) atoms. The Balaban J connectivity index is 2.88. The first-order valence-corrected chi connectivity index (χ1v) is 6.91. The summed E-state index contributed by atoms with van der Waals surface area (Å²) >= 11 is 0. The number of rotatable bonds is 5. The Morgan fingerprint density at radius 2 is 1.85 bits per heavy atom. The summed E-state index contributed by atoms with van der Waals surface area (Å²) in [6, 6.07) is 4.18. The van der Waals surface area contributed by atoms with Crippen LogP contribution in [0.5, 0.6) is 0 Å². The molecule has 5 heteroatoms. The van der Waals surface area contributed by atoms with Gasteiger partial charge >= 0.3 is 6.18 Å². The molecule has 114 valence electrons. The van der Waals surface area contributed by atoms with E-state index in [1.807, 2.05) is 0 Å². The van der Waals surface area contributed by atoms with E-state index in [-0.39, 0.29) is 11.5 Å². The fourth-order valence-electron chi connectivity index (χ4n) is 1.96. The molecule has 1 aromatic rings. The summed E-state index contributed by atoms with van der Waals surface area (Å²) in [5.41, 5.74) is -0.382. The Morgan fingerprint density at radius 1 is 1.20 bits per heavy atom. The van der Waals surface area contributed by atoms with Gasteiger partial charge < -0.3 is 5.32 Å². The van der Waals surface area contributed by atoms with E-state index in [0.717, 1.165) is 19.0 Å². The molecule has 0 saturated heterocycles. The first kappa shape index (κ1) is 17.0. The van der Waals surface area contributed by atoms with Gasteiger partial charge in [0.15, 0.2) is 0 Å². The zero-order chi connectivity index (χ0) is 15.4. The molecule has 1 unspecified atom stereocenters. The second-order valence-electron chi connectivity index (χ2n) is 6.09. The molecular formula is C15H23F3N2. The highest BCUT2D eigenvalue weighted by molar-refractivity contribution is 5.15. The van der Waals surface area contributed by atoms with Crippen molar-refractivity contribution in [2.75, 3.05) is 6.54 Å². The SMILES string of the molecule is CCCNC(Cc1cccc(C(F)(F)F)n1)C(C)(C)C. The summed E-state index contributed by atoms with van der Waals surface area (Å²) in [6.45, 7) is 9.14. The van der Waals surface area contributed by atoms with Crippen LogP contribution >= 0.6 is 0 Å². The predicted molar refractivity (Wildman–Crippen MR) is 74.5 cm³/mol. The van der Waals surface area contributed by atoms with Gasteiger partial charge in [-0.05, 0) is 30.5 Å². The lowest BCUT2D eigenvalue weighted by Crippen LogP contribution is -2.42. The van der Waals surface area contributed by atoms with E-state index in [1.54, 1.807) is 6.07 Å². The molecule has 1 aromatic heterocycles. The van der Waals surface area contributed by atoms with E-state index >= 15 is 0 Å². The Bertz CT molecular complexity index is 422. The topological polar surface area (TPSA) is 24.9 Å². The van der Waals surface area contributed by atoms with Gasteiger partial charge in [-0.2, -0.15) is 13.2 Å². The maximum absolute atomic E-state index is 12.7. The van der Waals surface area contributed by atoms with E-state index in [1.165, 1.54) is 6.07 Å². The van der Waals surface area contributed by atoms with Crippen molar-refractivity contribution in [2.45, 2.75) is 52.8 Å². The van der Waals surface area contributed by atoms with E-state index in [2.05, 4.69) is 38.0 Å². The van der Waals surface area contributed by atoms with Crippen molar-refractivity contribution in [3.8, 4) is 0 Å². The maximum Gasteiger partial charge on any atom is 0.433 e. The molecule has 1 N–H and O–H groups in total. The molecule has 0 saturated carbocycles. The van der Waals surface area contributed by atoms with Crippen LogP contribution in [-0.4, -0.2) is 17.6 Å². The lowest BCUT2D eigenvalue weighted by molar-refractivity contribution is -0.141. The van der Waals surface area contributed by atoms with Crippen LogP contribution in [0.3, 0.4) is 0 Å². The molecule has 0 aromatic carbocycles. The van der Waals surface area contributed by atoms with Crippen molar-refractivity contribution >= 4 is 0 Å². The van der Waals surface area contributed by atoms with Crippen molar-refractivity contribution in [1.82, 2.24) is 10.3 Å². The summed E-state index contributed by atoms with van der Waals surface area (Å²) in [5.74, 6) is 0. The third-order valence-electron chi connectivity index (χ3n) is 3.20. The fraction of sp³-hybridized carbons (Fsp3) is 0.667. The van der Waals surface area contributed by atoms with Crippen LogP contribution < -0.4 is 5.32 Å². The van der Waals surface area contributed by atoms with Crippen LogP contribution in [0.1, 0.15) is 45.5 Å². The van der Waals surface area contributed by atoms with E-state index < -0.39 is 11.9 Å². The molecule has 0 aliphatic carbocycles. The molecule has 2 nitrogen and oxygen atoms in total. The maximum atomic E-state index is 12.7. The van der Waals surface area contributed by atoms with Crippen molar-refractivity contribution in [3.05, 3.63) is 29.6 Å². The van der Waals surface area contributed by atoms with Gasteiger partial charge in [-0.15, -0.1) is 0 Å². The predicted octanol–water partition coefficient (Wildman–Crippen LogP) is 4.06. The number of nitrogens with one attached hydrogen (secondary N) is 1. The zero-order valence-electron chi connectivity index (χ0n) is 12.5. The van der Waals surface area contributed by atoms with Crippen molar-refractivity contribution in [2.24, 2.45) is 5.41 Å². The highest BCUT2D eigenvalue weighted by Crippen LogP contribution is 2.28. The molecule has 1 rings (SSSR count). The van der Waals surface area contributed by atoms with E-state index in [4.69, 9.17) is 0 Å². The van der Waals surface area contributed by atoms with Crippen molar-refractivity contribution < 1.29 is 13.2 Å². The molecule has 0 radical (unpaired) electrons. The number of hydrogen-bond acceptors (Lipinski definition) is 2. The van der Waals surface area contributed by atoms with Crippen molar-refractivity contribution in [3.63, 3.8) is 0 Å². The summed E-state index contributed by atoms with van der Waals surface area (Å²) in [5, 5.41) is 3.39. The van der Waals surface area contributed by atoms with E-state index in [9.17, 15) is 13.2 Å². The quantitative estimate of drug-likeness (QED) is 0.884. The number of nitrogens with zero attached hydrogens (tertiary/aromatic N) is 1. The second-order valence-corrected chi connectivity index (χ2v) is 6.09. The Labute approximate surface area is 118 Å². The zero-order valence-corrected chi connectivity index (χ0v) is 12.5. The summed E-state index contributed by atoms with van der Waals surface area (Å²) < 4.78 is 38.0. The first-order chi connectivity index (χ1) is 9.14. The van der Waals surface area contributed by atoms with Gasteiger partial charge in [0.05, 0.1) is 0 Å². The largest absolute Gasteiger partial charge is 0.433 e. The normalized spacial score (nSPS) is 14.3. The molecular weight excluding hydrogens is 265 g/mol. The van der Waals surface area contributed by atoms with Gasteiger partial charge in [-0.3, -0.25) is 0 Å². The molecule has 0 aliphatic heterocycles. The number of halogens is 3. The lowest BCUT2D eigenvalue weighted by Gasteiger charge is -2.31. The first-order valence-electron chi connectivity index (χ1n) is 6.91. The number of aromatic nitrogens is 1. The number of alkyl halides is 3. The van der Waals surface area contributed by atoms with Crippen LogP contribution in [0.4, 0.5) is 13.2 Å². The van der Waals surface area contributed by atoms with Crippen LogP contribution in [0.2, 0.25) is 0 Å². The van der Waals surface area contributed by atoms with Gasteiger partial charge in [-0.1, -0.05) is 33.8 Å². The third-order valence-corrected chi connectivity index (χ3v) is 3.20. The lowest BCUT2D eigenvalue weighted by atomic mass is 9.84. The average Bonchev–Trinajstić information content (AvgIpc) is 2.32. The van der Waals surface area contributed by atoms with Gasteiger partial charge in [0.2, 0.25) is 0 Å². The Kier molecular flexibility index (Phi) is 5.57. The number of pyridine rings is 1. The molecule has 0 fully saturated rings. The minimum Gasteiger partial charge on any atom is -0.313 e. The smallest absolute Gasteiger partial charge is 0.313 e. The Hall–Kier alpha value is -1.10. The van der Waals surface area contributed by atoms with Gasteiger partial charge in [0, 0.05) is 18.2 Å². The average molecular weight is 288 g/mol. The van der Waals surface area contributed by atoms with Gasteiger partial charge in [0.25, 0.3) is 0 Å². The second kappa shape index (κ2) is 6.57. The molecule has 1 atom stereocenters. The Morgan fingerprint density at radius 3 is 2.35 bits per heavy atom. The highest BCUT2D eigenvalue weighted by atomic mass is 19.4. The molecule has 0 aliphatic rings. The molecule has 0 amide bonds. The van der Waals surface area contributed by atoms with Crippen LogP contribution in [0, 0.1) is 5.41 Å². The third kappa shape index (κ3) is 5.12. The van der Waals surface area contributed by atoms with Gasteiger partial charge in [0.1, 0.15) is 5.69 Å². The van der Waals surface area contributed by atoms with Crippen LogP contribution in [0.15, 0.2) is 18.2 Å². The van der Waals surface area contributed by atoms with Crippen molar-refractivity contribution in [1.29, 1.82) is 0 Å². The van der Waals surface area contributed by atoms with Crippen LogP contribution in [-0.2, 0) is 12.6 Å². The summed E-state index contributed by atoms with van der Waals surface area (Å²) in [4.78, 5) is 3.74.